The number of nitrogens with one attached hydrogen (secondary N) is 1. The highest BCUT2D eigenvalue weighted by molar-refractivity contribution is 8.14. The number of amides is 1. The molecule has 1 N–H and O–H groups in total. The largest absolute Gasteiger partial charge is 0.362 e. The molecule has 3 fully saturated rings. The number of amidine groups is 1. The number of piperidine rings is 1. The second kappa shape index (κ2) is 7.91. The minimum atomic E-state index is -0.276. The molecule has 156 valence electrons. The van der Waals surface area contributed by atoms with Crippen LogP contribution in [0.4, 0.5) is 0 Å². The van der Waals surface area contributed by atoms with Crippen molar-refractivity contribution in [3.05, 3.63) is 30.1 Å². The Kier molecular flexibility index (Phi) is 5.28. The molecule has 7 heteroatoms. The van der Waals surface area contributed by atoms with E-state index in [1.54, 1.807) is 24.0 Å². The van der Waals surface area contributed by atoms with Crippen LogP contribution in [0.25, 0.3) is 0 Å². The molecule has 1 amide bonds. The summed E-state index contributed by atoms with van der Waals surface area (Å²) in [6.07, 6.45) is 9.06. The van der Waals surface area contributed by atoms with Crippen LogP contribution in [0.5, 0.6) is 0 Å². The number of fused-ring (bicyclic) bond motifs is 2. The Morgan fingerprint density at radius 1 is 1.24 bits per heavy atom. The molecule has 0 radical (unpaired) electrons. The number of likely N-dealkylation sites (tertiary alicyclic amines) is 1. The van der Waals surface area contributed by atoms with Gasteiger partial charge in [-0.25, -0.2) is 4.99 Å². The van der Waals surface area contributed by atoms with E-state index < -0.39 is 0 Å². The molecule has 1 aromatic heterocycles. The molecule has 2 aliphatic carbocycles. The first-order valence-electron chi connectivity index (χ1n) is 10.9. The number of rotatable bonds is 3. The molecular formula is C22H30N4O2S. The third-order valence-electron chi connectivity index (χ3n) is 7.31. The van der Waals surface area contributed by atoms with Crippen LogP contribution in [0.3, 0.4) is 0 Å². The average molecular weight is 415 g/mol. The summed E-state index contributed by atoms with van der Waals surface area (Å²) in [5, 5.41) is 4.81. The van der Waals surface area contributed by atoms with E-state index in [0.29, 0.717) is 24.4 Å². The fraction of sp³-hybridized carbons (Fsp3) is 0.682. The van der Waals surface area contributed by atoms with Crippen LogP contribution in [0.1, 0.15) is 55.9 Å². The van der Waals surface area contributed by atoms with Gasteiger partial charge in [-0.1, -0.05) is 24.2 Å². The highest BCUT2D eigenvalue weighted by Crippen LogP contribution is 2.46. The molecule has 0 aromatic carbocycles. The zero-order chi connectivity index (χ0) is 19.8. The normalized spacial score (nSPS) is 34.9. The highest BCUT2D eigenvalue weighted by atomic mass is 32.2. The van der Waals surface area contributed by atoms with E-state index in [0.717, 1.165) is 42.9 Å². The summed E-state index contributed by atoms with van der Waals surface area (Å²) in [4.78, 5) is 23.2. The number of nitrogens with zero attached hydrogens (tertiary/aromatic N) is 3. The van der Waals surface area contributed by atoms with E-state index in [9.17, 15) is 4.79 Å². The third kappa shape index (κ3) is 3.91. The Hall–Kier alpha value is -1.60. The van der Waals surface area contributed by atoms with Crippen molar-refractivity contribution < 1.29 is 9.53 Å². The molecule has 5 rings (SSSR count). The number of ether oxygens (including phenoxy) is 1. The summed E-state index contributed by atoms with van der Waals surface area (Å²) < 4.78 is 6.16. The molecule has 4 atom stereocenters. The lowest BCUT2D eigenvalue weighted by Crippen LogP contribution is -2.49. The number of hydrogen-bond donors (Lipinski definition) is 1. The summed E-state index contributed by atoms with van der Waals surface area (Å²) >= 11 is 1.76. The van der Waals surface area contributed by atoms with Crippen molar-refractivity contribution in [1.82, 2.24) is 15.2 Å². The van der Waals surface area contributed by atoms with Crippen LogP contribution in [0.15, 0.2) is 29.4 Å². The number of aromatic nitrogens is 1. The monoisotopic (exact) mass is 414 g/mol. The van der Waals surface area contributed by atoms with Crippen molar-refractivity contribution in [2.75, 3.05) is 19.8 Å². The number of carbonyl (C=O) groups is 1. The molecule has 29 heavy (non-hydrogen) atoms. The molecular weight excluding hydrogens is 384 g/mol. The van der Waals surface area contributed by atoms with Gasteiger partial charge in [-0.2, -0.15) is 0 Å². The van der Waals surface area contributed by atoms with Gasteiger partial charge in [0.1, 0.15) is 17.4 Å². The van der Waals surface area contributed by atoms with Crippen LogP contribution in [0.2, 0.25) is 0 Å². The number of pyridine rings is 1. The molecule has 0 spiro atoms. The lowest BCUT2D eigenvalue weighted by molar-refractivity contribution is -0.0202. The van der Waals surface area contributed by atoms with Crippen LogP contribution >= 0.6 is 11.8 Å². The zero-order valence-electron chi connectivity index (χ0n) is 17.0. The van der Waals surface area contributed by atoms with Gasteiger partial charge in [0.25, 0.3) is 5.91 Å². The first-order chi connectivity index (χ1) is 14.1. The van der Waals surface area contributed by atoms with E-state index in [2.05, 4.69) is 22.2 Å². The van der Waals surface area contributed by atoms with Crippen molar-refractivity contribution in [1.29, 1.82) is 0 Å². The summed E-state index contributed by atoms with van der Waals surface area (Å²) in [6, 6.07) is 6.09. The van der Waals surface area contributed by atoms with Gasteiger partial charge in [-0.05, 0) is 63.0 Å². The fourth-order valence-electron chi connectivity index (χ4n) is 5.59. The van der Waals surface area contributed by atoms with Crippen LogP contribution in [0, 0.1) is 17.8 Å². The van der Waals surface area contributed by atoms with E-state index in [1.165, 1.54) is 25.7 Å². The predicted octanol–water partition coefficient (Wildman–Crippen LogP) is 3.51. The van der Waals surface area contributed by atoms with Gasteiger partial charge < -0.3 is 15.0 Å². The van der Waals surface area contributed by atoms with Crippen molar-refractivity contribution in [3.8, 4) is 0 Å². The molecule has 1 saturated heterocycles. The predicted molar refractivity (Wildman–Crippen MR) is 115 cm³/mol. The lowest BCUT2D eigenvalue weighted by atomic mass is 9.91. The molecule has 6 nitrogen and oxygen atoms in total. The third-order valence-corrected chi connectivity index (χ3v) is 8.61. The number of thioether (sulfide) groups is 1. The van der Waals surface area contributed by atoms with E-state index in [-0.39, 0.29) is 10.8 Å². The summed E-state index contributed by atoms with van der Waals surface area (Å²) in [6.45, 7) is 4.15. The SMILES string of the molecule is CC1(C2CCN(C(=O)c3ccccn3)CC2)OCN=C(N[C@H]2C[C@@H]3CC[C@H]2C3)S1. The summed E-state index contributed by atoms with van der Waals surface area (Å²) in [5.41, 5.74) is 0.532. The van der Waals surface area contributed by atoms with Gasteiger partial charge in [0.2, 0.25) is 0 Å². The highest BCUT2D eigenvalue weighted by Gasteiger charge is 2.44. The second-order valence-corrected chi connectivity index (χ2v) is 10.5. The number of hydrogen-bond acceptors (Lipinski definition) is 6. The van der Waals surface area contributed by atoms with Crippen molar-refractivity contribution in [3.63, 3.8) is 0 Å². The van der Waals surface area contributed by atoms with Gasteiger partial charge in [-0.15, -0.1) is 0 Å². The number of carbonyl (C=O) groups excluding carboxylic acids is 1. The van der Waals surface area contributed by atoms with Crippen LogP contribution in [-0.2, 0) is 4.74 Å². The van der Waals surface area contributed by atoms with E-state index >= 15 is 0 Å². The Morgan fingerprint density at radius 3 is 2.79 bits per heavy atom. The summed E-state index contributed by atoms with van der Waals surface area (Å²) in [5.74, 6) is 2.20. The van der Waals surface area contributed by atoms with Gasteiger partial charge in [0, 0.05) is 31.2 Å². The molecule has 3 heterocycles. The average Bonchev–Trinajstić information content (AvgIpc) is 3.37. The van der Waals surface area contributed by atoms with Gasteiger partial charge in [0.05, 0.1) is 0 Å². The van der Waals surface area contributed by atoms with E-state index in [4.69, 9.17) is 4.74 Å². The van der Waals surface area contributed by atoms with Gasteiger partial charge in [0.15, 0.2) is 5.17 Å². The van der Waals surface area contributed by atoms with Crippen molar-refractivity contribution in [2.24, 2.45) is 22.7 Å². The molecule has 1 unspecified atom stereocenters. The van der Waals surface area contributed by atoms with Gasteiger partial charge >= 0.3 is 0 Å². The molecule has 1 aromatic rings. The van der Waals surface area contributed by atoms with E-state index in [1.807, 2.05) is 17.0 Å². The first-order valence-corrected chi connectivity index (χ1v) is 11.8. The lowest BCUT2D eigenvalue weighted by Gasteiger charge is -2.43. The minimum absolute atomic E-state index is 0.0339. The van der Waals surface area contributed by atoms with Crippen LogP contribution < -0.4 is 5.32 Å². The first kappa shape index (κ1) is 19.4. The Labute approximate surface area is 176 Å². The maximum absolute atomic E-state index is 12.7. The Morgan fingerprint density at radius 2 is 2.10 bits per heavy atom. The fourth-order valence-corrected chi connectivity index (χ4v) is 6.81. The standard InChI is InChI=1S/C22H30N4O2S/c1-22(17-7-10-26(11-8-17)20(27)18-4-2-3-9-23-18)28-14-24-21(29-22)25-19-13-15-5-6-16(19)12-15/h2-4,9,15-17,19H,5-8,10-14H2,1H3,(H,24,25)/t15-,16+,19+,22?/m1/s1. The molecule has 4 aliphatic rings. The topological polar surface area (TPSA) is 66.8 Å². The number of aliphatic imine (C=N–C) groups is 1. The van der Waals surface area contributed by atoms with Crippen molar-refractivity contribution in [2.45, 2.75) is 56.4 Å². The smallest absolute Gasteiger partial charge is 0.272 e. The quantitative estimate of drug-likeness (QED) is 0.820. The van der Waals surface area contributed by atoms with Crippen LogP contribution in [-0.4, -0.2) is 51.8 Å². The molecule has 2 bridgehead atoms. The van der Waals surface area contributed by atoms with Gasteiger partial charge in [-0.3, -0.25) is 9.78 Å². The molecule has 2 saturated carbocycles. The maximum atomic E-state index is 12.7. The minimum Gasteiger partial charge on any atom is -0.362 e. The molecule has 2 aliphatic heterocycles. The Balaban J connectivity index is 1.17. The second-order valence-electron chi connectivity index (χ2n) is 9.06. The maximum Gasteiger partial charge on any atom is 0.272 e. The van der Waals surface area contributed by atoms with Crippen molar-refractivity contribution >= 4 is 22.8 Å². The summed E-state index contributed by atoms with van der Waals surface area (Å²) in [7, 11) is 0. The Bertz CT molecular complexity index is 780. The zero-order valence-corrected chi connectivity index (χ0v) is 17.9.